The molecule has 0 aliphatic heterocycles. The molecule has 2 N–H and O–H groups in total. The zero-order valence-corrected chi connectivity index (χ0v) is 10.2. The van der Waals surface area contributed by atoms with Crippen molar-refractivity contribution in [2.75, 3.05) is 0 Å². The second-order valence-corrected chi connectivity index (χ2v) is 6.45. The monoisotopic (exact) mass is 231 g/mol. The highest BCUT2D eigenvalue weighted by atomic mass is 32.2. The first-order chi connectivity index (χ1) is 6.95. The van der Waals surface area contributed by atoms with E-state index in [1.165, 1.54) is 6.42 Å². The van der Waals surface area contributed by atoms with Gasteiger partial charge in [0.15, 0.2) is 0 Å². The summed E-state index contributed by atoms with van der Waals surface area (Å²) in [5.41, 5.74) is 0. The minimum absolute atomic E-state index is 0.0816. The van der Waals surface area contributed by atoms with Crippen molar-refractivity contribution in [1.82, 2.24) is 0 Å². The van der Waals surface area contributed by atoms with Gasteiger partial charge in [0.25, 0.3) is 0 Å². The molecule has 1 unspecified atom stereocenters. The Bertz CT molecular complexity index is 307. The molecule has 0 aromatic carbocycles. The normalized spacial score (nSPS) is 21.7. The van der Waals surface area contributed by atoms with Crippen LogP contribution in [0.3, 0.4) is 0 Å². The predicted molar refractivity (Wildman–Crippen MR) is 62.8 cm³/mol. The average molecular weight is 231 g/mol. The average Bonchev–Trinajstić information content (AvgIpc) is 1.99. The predicted octanol–water partition coefficient (Wildman–Crippen LogP) is 2.05. The number of rotatable bonds is 6. The topological polar surface area (TPSA) is 60.2 Å². The first-order valence-corrected chi connectivity index (χ1v) is 7.18. The van der Waals surface area contributed by atoms with Gasteiger partial charge in [0.2, 0.25) is 10.0 Å². The lowest BCUT2D eigenvalue weighted by molar-refractivity contribution is 0.274. The molecular weight excluding hydrogens is 210 g/mol. The highest BCUT2D eigenvalue weighted by Crippen LogP contribution is 2.34. The SMILES string of the molecule is C=CC[C@H](C)C(CC1CCC1)S(N)(=O)=O. The number of hydrogen-bond donors (Lipinski definition) is 1. The largest absolute Gasteiger partial charge is 0.228 e. The number of nitrogens with two attached hydrogens (primary N) is 1. The summed E-state index contributed by atoms with van der Waals surface area (Å²) in [5.74, 6) is 0.652. The molecule has 1 aliphatic carbocycles. The minimum Gasteiger partial charge on any atom is -0.228 e. The number of sulfonamides is 1. The van der Waals surface area contributed by atoms with Gasteiger partial charge in [-0.05, 0) is 24.7 Å². The Hall–Kier alpha value is -0.350. The zero-order chi connectivity index (χ0) is 11.5. The summed E-state index contributed by atoms with van der Waals surface area (Å²) in [7, 11) is -3.41. The van der Waals surface area contributed by atoms with Gasteiger partial charge in [-0.1, -0.05) is 32.3 Å². The van der Waals surface area contributed by atoms with Gasteiger partial charge in [-0.3, -0.25) is 0 Å². The lowest BCUT2D eigenvalue weighted by Crippen LogP contribution is -2.36. The second kappa shape index (κ2) is 5.12. The van der Waals surface area contributed by atoms with Gasteiger partial charge in [-0.2, -0.15) is 0 Å². The first-order valence-electron chi connectivity index (χ1n) is 5.57. The molecule has 0 bridgehead atoms. The van der Waals surface area contributed by atoms with Gasteiger partial charge in [0, 0.05) is 0 Å². The molecule has 1 aliphatic rings. The molecule has 88 valence electrons. The molecule has 2 atom stereocenters. The molecule has 0 saturated heterocycles. The standard InChI is InChI=1S/C11H21NO2S/c1-3-5-9(2)11(15(12,13)14)8-10-6-4-7-10/h3,9-11H,1,4-8H2,2H3,(H2,12,13,14)/t9-,11?/m0/s1. The Morgan fingerprint density at radius 2 is 2.13 bits per heavy atom. The van der Waals surface area contributed by atoms with Crippen molar-refractivity contribution < 1.29 is 8.42 Å². The molecule has 3 nitrogen and oxygen atoms in total. The molecule has 15 heavy (non-hydrogen) atoms. The zero-order valence-electron chi connectivity index (χ0n) is 9.35. The van der Waals surface area contributed by atoms with Crippen LogP contribution in [0.1, 0.15) is 39.0 Å². The van der Waals surface area contributed by atoms with Crippen LogP contribution in [0.15, 0.2) is 12.7 Å². The van der Waals surface area contributed by atoms with Gasteiger partial charge in [0.1, 0.15) is 0 Å². The lowest BCUT2D eigenvalue weighted by atomic mass is 9.80. The fourth-order valence-electron chi connectivity index (χ4n) is 2.16. The quantitative estimate of drug-likeness (QED) is 0.711. The third-order valence-corrected chi connectivity index (χ3v) is 4.89. The van der Waals surface area contributed by atoms with Crippen LogP contribution < -0.4 is 5.14 Å². The Labute approximate surface area is 92.8 Å². The Kier molecular flexibility index (Phi) is 4.34. The molecule has 0 aromatic heterocycles. The molecule has 1 rings (SSSR count). The molecule has 1 saturated carbocycles. The highest BCUT2D eigenvalue weighted by molar-refractivity contribution is 7.89. The van der Waals surface area contributed by atoms with Crippen LogP contribution in [0.25, 0.3) is 0 Å². The lowest BCUT2D eigenvalue weighted by Gasteiger charge is -2.31. The van der Waals surface area contributed by atoms with E-state index in [4.69, 9.17) is 5.14 Å². The van der Waals surface area contributed by atoms with E-state index in [2.05, 4.69) is 6.58 Å². The Balaban J connectivity index is 2.63. The summed E-state index contributed by atoms with van der Waals surface area (Å²) in [6.07, 6.45) is 6.77. The summed E-state index contributed by atoms with van der Waals surface area (Å²) in [4.78, 5) is 0. The first kappa shape index (κ1) is 12.7. The van der Waals surface area contributed by atoms with Crippen LogP contribution in [-0.4, -0.2) is 13.7 Å². The van der Waals surface area contributed by atoms with Gasteiger partial charge in [-0.15, -0.1) is 6.58 Å². The maximum Gasteiger partial charge on any atom is 0.212 e. The molecule has 0 heterocycles. The summed E-state index contributed by atoms with van der Waals surface area (Å²) in [6, 6.07) is 0. The van der Waals surface area contributed by atoms with Gasteiger partial charge < -0.3 is 0 Å². The highest BCUT2D eigenvalue weighted by Gasteiger charge is 2.32. The van der Waals surface area contributed by atoms with Crippen LogP contribution in [0.5, 0.6) is 0 Å². The number of allylic oxidation sites excluding steroid dienone is 1. The summed E-state index contributed by atoms with van der Waals surface area (Å²) in [6.45, 7) is 5.58. The van der Waals surface area contributed by atoms with Crippen molar-refractivity contribution in [3.63, 3.8) is 0 Å². The molecule has 0 aromatic rings. The van der Waals surface area contributed by atoms with E-state index in [0.29, 0.717) is 12.3 Å². The fourth-order valence-corrected chi connectivity index (χ4v) is 3.46. The van der Waals surface area contributed by atoms with Crippen LogP contribution in [0, 0.1) is 11.8 Å². The van der Waals surface area contributed by atoms with E-state index in [0.717, 1.165) is 19.3 Å². The van der Waals surface area contributed by atoms with Gasteiger partial charge in [0.05, 0.1) is 5.25 Å². The van der Waals surface area contributed by atoms with E-state index < -0.39 is 10.0 Å². The van der Waals surface area contributed by atoms with Crippen molar-refractivity contribution in [2.45, 2.75) is 44.3 Å². The summed E-state index contributed by atoms with van der Waals surface area (Å²) in [5, 5.41) is 4.89. The number of primary sulfonamides is 1. The third kappa shape index (κ3) is 3.61. The maximum absolute atomic E-state index is 11.5. The van der Waals surface area contributed by atoms with E-state index in [1.807, 2.05) is 6.92 Å². The van der Waals surface area contributed by atoms with Crippen molar-refractivity contribution in [1.29, 1.82) is 0 Å². The summed E-state index contributed by atoms with van der Waals surface area (Å²) >= 11 is 0. The Morgan fingerprint density at radius 3 is 2.47 bits per heavy atom. The van der Waals surface area contributed by atoms with Crippen molar-refractivity contribution >= 4 is 10.0 Å². The van der Waals surface area contributed by atoms with Crippen LogP contribution in [-0.2, 0) is 10.0 Å². The van der Waals surface area contributed by atoms with E-state index in [9.17, 15) is 8.42 Å². The van der Waals surface area contributed by atoms with Crippen LogP contribution in [0.2, 0.25) is 0 Å². The molecule has 0 spiro atoms. The van der Waals surface area contributed by atoms with Gasteiger partial charge in [-0.25, -0.2) is 13.6 Å². The van der Waals surface area contributed by atoms with E-state index in [-0.39, 0.29) is 11.2 Å². The molecular formula is C11H21NO2S. The van der Waals surface area contributed by atoms with Crippen LogP contribution >= 0.6 is 0 Å². The molecule has 0 amide bonds. The minimum atomic E-state index is -3.41. The van der Waals surface area contributed by atoms with Crippen molar-refractivity contribution in [3.8, 4) is 0 Å². The van der Waals surface area contributed by atoms with Gasteiger partial charge >= 0.3 is 0 Å². The maximum atomic E-state index is 11.5. The third-order valence-electron chi connectivity index (χ3n) is 3.39. The van der Waals surface area contributed by atoms with E-state index in [1.54, 1.807) is 6.08 Å². The molecule has 4 heteroatoms. The smallest absolute Gasteiger partial charge is 0.212 e. The van der Waals surface area contributed by atoms with Crippen molar-refractivity contribution in [2.24, 2.45) is 17.0 Å². The fraction of sp³-hybridized carbons (Fsp3) is 0.818. The van der Waals surface area contributed by atoms with Crippen molar-refractivity contribution in [3.05, 3.63) is 12.7 Å². The summed E-state index contributed by atoms with van der Waals surface area (Å²) < 4.78 is 22.9. The van der Waals surface area contributed by atoms with E-state index >= 15 is 0 Å². The van der Waals surface area contributed by atoms with Crippen LogP contribution in [0.4, 0.5) is 0 Å². The Morgan fingerprint density at radius 1 is 1.53 bits per heavy atom. The number of hydrogen-bond acceptors (Lipinski definition) is 2. The molecule has 1 fully saturated rings. The second-order valence-electron chi connectivity index (χ2n) is 4.66. The molecule has 0 radical (unpaired) electrons.